The van der Waals surface area contributed by atoms with Gasteiger partial charge in [-0.2, -0.15) is 0 Å². The average Bonchev–Trinajstić information content (AvgIpc) is 3.35. The number of piperazine rings is 1. The van der Waals surface area contributed by atoms with Gasteiger partial charge in [-0.25, -0.2) is 9.97 Å². The Bertz CT molecular complexity index is 824. The Balaban J connectivity index is 1.34. The summed E-state index contributed by atoms with van der Waals surface area (Å²) in [5.74, 6) is 0.642. The Kier molecular flexibility index (Phi) is 4.47. The van der Waals surface area contributed by atoms with E-state index in [0.717, 1.165) is 23.8 Å². The molecule has 25 heavy (non-hydrogen) atoms. The molecule has 2 aromatic heterocycles. The van der Waals surface area contributed by atoms with Crippen molar-refractivity contribution in [2.45, 2.75) is 6.42 Å². The second-order valence-corrected chi connectivity index (χ2v) is 6.74. The summed E-state index contributed by atoms with van der Waals surface area (Å²) >= 11 is 1.63. The van der Waals surface area contributed by atoms with Crippen molar-refractivity contribution in [2.24, 2.45) is 0 Å². The number of carbonyl (C=O) groups is 1. The molecule has 0 atom stereocenters. The Morgan fingerprint density at radius 3 is 2.68 bits per heavy atom. The summed E-state index contributed by atoms with van der Waals surface area (Å²) in [5.41, 5.74) is 1.59. The second-order valence-electron chi connectivity index (χ2n) is 5.87. The molecule has 1 saturated heterocycles. The number of benzene rings is 1. The van der Waals surface area contributed by atoms with Crippen LogP contribution in [0.1, 0.15) is 5.69 Å². The molecule has 0 aliphatic carbocycles. The molecule has 0 N–H and O–H groups in total. The highest BCUT2D eigenvalue weighted by Gasteiger charge is 2.23. The van der Waals surface area contributed by atoms with E-state index in [0.29, 0.717) is 24.7 Å². The van der Waals surface area contributed by atoms with Gasteiger partial charge in [0.1, 0.15) is 6.26 Å². The number of anilines is 1. The minimum atomic E-state index is 0.0895. The number of rotatable bonds is 4. The number of thiazole rings is 1. The second kappa shape index (κ2) is 7.06. The molecule has 3 aromatic rings. The van der Waals surface area contributed by atoms with Gasteiger partial charge in [-0.3, -0.25) is 4.79 Å². The molecule has 128 valence electrons. The van der Waals surface area contributed by atoms with Crippen LogP contribution >= 0.6 is 11.3 Å². The molecule has 0 saturated carbocycles. The fourth-order valence-electron chi connectivity index (χ4n) is 2.89. The first kappa shape index (κ1) is 15.8. The van der Waals surface area contributed by atoms with Crippen LogP contribution in [-0.2, 0) is 11.2 Å². The summed E-state index contributed by atoms with van der Waals surface area (Å²) in [5, 5.41) is 3.00. The van der Waals surface area contributed by atoms with Crippen molar-refractivity contribution in [3.8, 4) is 11.5 Å². The third-order valence-corrected chi connectivity index (χ3v) is 5.06. The first-order valence-corrected chi connectivity index (χ1v) is 9.09. The molecule has 6 nitrogen and oxygen atoms in total. The van der Waals surface area contributed by atoms with E-state index in [4.69, 9.17) is 4.42 Å². The maximum atomic E-state index is 12.5. The van der Waals surface area contributed by atoms with Crippen molar-refractivity contribution < 1.29 is 9.21 Å². The fraction of sp³-hybridized carbons (Fsp3) is 0.278. The smallest absolute Gasteiger partial charge is 0.228 e. The van der Waals surface area contributed by atoms with Gasteiger partial charge >= 0.3 is 0 Å². The molecule has 0 bridgehead atoms. The lowest BCUT2D eigenvalue weighted by atomic mass is 10.2. The topological polar surface area (TPSA) is 62.5 Å². The van der Waals surface area contributed by atoms with Crippen LogP contribution in [0.25, 0.3) is 11.5 Å². The van der Waals surface area contributed by atoms with Crippen LogP contribution in [0, 0.1) is 0 Å². The van der Waals surface area contributed by atoms with Gasteiger partial charge in [0.25, 0.3) is 0 Å². The zero-order valence-corrected chi connectivity index (χ0v) is 14.5. The Hall–Kier alpha value is -2.67. The van der Waals surface area contributed by atoms with E-state index in [1.54, 1.807) is 17.6 Å². The monoisotopic (exact) mass is 354 g/mol. The predicted octanol–water partition coefficient (Wildman–Crippen LogP) is 2.69. The van der Waals surface area contributed by atoms with E-state index in [2.05, 4.69) is 14.9 Å². The molecule has 1 fully saturated rings. The van der Waals surface area contributed by atoms with E-state index in [9.17, 15) is 4.79 Å². The van der Waals surface area contributed by atoms with Crippen molar-refractivity contribution in [1.29, 1.82) is 0 Å². The van der Waals surface area contributed by atoms with Crippen LogP contribution in [0.2, 0.25) is 0 Å². The van der Waals surface area contributed by atoms with Gasteiger partial charge in [-0.05, 0) is 12.1 Å². The summed E-state index contributed by atoms with van der Waals surface area (Å²) in [6.45, 7) is 3.05. The first-order chi connectivity index (χ1) is 12.3. The third-order valence-electron chi connectivity index (χ3n) is 4.23. The number of hydrogen-bond donors (Lipinski definition) is 0. The van der Waals surface area contributed by atoms with E-state index in [-0.39, 0.29) is 12.3 Å². The quantitative estimate of drug-likeness (QED) is 0.721. The first-order valence-electron chi connectivity index (χ1n) is 8.21. The standard InChI is InChI=1S/C18H18N4O2S/c23-16(21-7-9-22(10-8-21)18-19-6-11-25-18)12-15-13-24-17(20-15)14-4-2-1-3-5-14/h1-6,11,13H,7-10,12H2. The Labute approximate surface area is 149 Å². The molecule has 0 unspecified atom stereocenters. The minimum Gasteiger partial charge on any atom is -0.444 e. The van der Waals surface area contributed by atoms with Crippen LogP contribution < -0.4 is 4.90 Å². The summed E-state index contributed by atoms with van der Waals surface area (Å²) in [7, 11) is 0. The molecule has 1 aliphatic heterocycles. The lowest BCUT2D eigenvalue weighted by molar-refractivity contribution is -0.130. The molecule has 4 rings (SSSR count). The van der Waals surface area contributed by atoms with E-state index in [1.807, 2.05) is 46.8 Å². The van der Waals surface area contributed by atoms with Crippen molar-refractivity contribution in [3.63, 3.8) is 0 Å². The highest BCUT2D eigenvalue weighted by Crippen LogP contribution is 2.20. The van der Waals surface area contributed by atoms with E-state index >= 15 is 0 Å². The zero-order chi connectivity index (χ0) is 17.1. The van der Waals surface area contributed by atoms with E-state index in [1.165, 1.54) is 0 Å². The molecule has 0 radical (unpaired) electrons. The third kappa shape index (κ3) is 3.56. The van der Waals surface area contributed by atoms with Crippen LogP contribution in [0.3, 0.4) is 0 Å². The molecule has 0 spiro atoms. The normalized spacial score (nSPS) is 14.7. The molecular formula is C18H18N4O2S. The lowest BCUT2D eigenvalue weighted by Gasteiger charge is -2.34. The van der Waals surface area contributed by atoms with Gasteiger partial charge in [0, 0.05) is 43.3 Å². The maximum absolute atomic E-state index is 12.5. The number of hydrogen-bond acceptors (Lipinski definition) is 6. The highest BCUT2D eigenvalue weighted by molar-refractivity contribution is 7.13. The van der Waals surface area contributed by atoms with Crippen LogP contribution in [0.4, 0.5) is 5.13 Å². The summed E-state index contributed by atoms with van der Waals surface area (Å²) in [6.07, 6.45) is 3.66. The molecule has 7 heteroatoms. The Morgan fingerprint density at radius 2 is 1.96 bits per heavy atom. The fourth-order valence-corrected chi connectivity index (χ4v) is 3.58. The highest BCUT2D eigenvalue weighted by atomic mass is 32.1. The van der Waals surface area contributed by atoms with Gasteiger partial charge in [-0.15, -0.1) is 11.3 Å². The number of nitrogens with zero attached hydrogens (tertiary/aromatic N) is 4. The van der Waals surface area contributed by atoms with Gasteiger partial charge in [0.15, 0.2) is 5.13 Å². The van der Waals surface area contributed by atoms with E-state index < -0.39 is 0 Å². The summed E-state index contributed by atoms with van der Waals surface area (Å²) in [6, 6.07) is 9.70. The number of amides is 1. The molecular weight excluding hydrogens is 336 g/mol. The average molecular weight is 354 g/mol. The lowest BCUT2D eigenvalue weighted by Crippen LogP contribution is -2.49. The number of carbonyl (C=O) groups excluding carboxylic acids is 1. The summed E-state index contributed by atoms with van der Waals surface area (Å²) in [4.78, 5) is 25.4. The van der Waals surface area contributed by atoms with Gasteiger partial charge in [0.05, 0.1) is 12.1 Å². The minimum absolute atomic E-state index is 0.0895. The summed E-state index contributed by atoms with van der Waals surface area (Å²) < 4.78 is 5.51. The molecule has 1 aromatic carbocycles. The predicted molar refractivity (Wildman–Crippen MR) is 96.6 cm³/mol. The van der Waals surface area contributed by atoms with Crippen molar-refractivity contribution in [1.82, 2.24) is 14.9 Å². The van der Waals surface area contributed by atoms with Crippen molar-refractivity contribution in [2.75, 3.05) is 31.1 Å². The molecule has 1 aliphatic rings. The van der Waals surface area contributed by atoms with Gasteiger partial charge in [-0.1, -0.05) is 18.2 Å². The molecule has 1 amide bonds. The largest absolute Gasteiger partial charge is 0.444 e. The van der Waals surface area contributed by atoms with Crippen molar-refractivity contribution in [3.05, 3.63) is 53.9 Å². The van der Waals surface area contributed by atoms with Gasteiger partial charge < -0.3 is 14.2 Å². The SMILES string of the molecule is O=C(Cc1coc(-c2ccccc2)n1)N1CCN(c2nccs2)CC1. The zero-order valence-electron chi connectivity index (χ0n) is 13.7. The Morgan fingerprint density at radius 1 is 1.16 bits per heavy atom. The maximum Gasteiger partial charge on any atom is 0.228 e. The van der Waals surface area contributed by atoms with Gasteiger partial charge in [0.2, 0.25) is 11.8 Å². The number of aromatic nitrogens is 2. The van der Waals surface area contributed by atoms with Crippen LogP contribution in [-0.4, -0.2) is 47.0 Å². The molecule has 3 heterocycles. The van der Waals surface area contributed by atoms with Crippen molar-refractivity contribution >= 4 is 22.4 Å². The van der Waals surface area contributed by atoms with Crippen LogP contribution in [0.5, 0.6) is 0 Å². The van der Waals surface area contributed by atoms with Crippen LogP contribution in [0.15, 0.2) is 52.6 Å². The number of oxazole rings is 1.